The van der Waals surface area contributed by atoms with E-state index in [2.05, 4.69) is 30.1 Å². The number of nitrogens with zero attached hydrogens (tertiary/aromatic N) is 4. The smallest absolute Gasteiger partial charge is 0.275 e. The Balaban J connectivity index is 1.20. The fourth-order valence-corrected chi connectivity index (χ4v) is 6.00. The maximum Gasteiger partial charge on any atom is 0.275 e. The van der Waals surface area contributed by atoms with Gasteiger partial charge in [0.25, 0.3) is 11.5 Å². The summed E-state index contributed by atoms with van der Waals surface area (Å²) in [5.74, 6) is 1.37. The summed E-state index contributed by atoms with van der Waals surface area (Å²) in [6, 6.07) is 10.2. The summed E-state index contributed by atoms with van der Waals surface area (Å²) in [6.07, 6.45) is 6.99. The molecular weight excluding hydrogens is 428 g/mol. The normalized spacial score (nSPS) is 25.8. The van der Waals surface area contributed by atoms with Crippen LogP contribution in [0.2, 0.25) is 0 Å². The molecule has 2 saturated carbocycles. The zero-order valence-electron chi connectivity index (χ0n) is 19.6. The van der Waals surface area contributed by atoms with Crippen molar-refractivity contribution in [2.45, 2.75) is 50.5 Å². The van der Waals surface area contributed by atoms with Crippen LogP contribution in [0.15, 0.2) is 47.7 Å². The Kier molecular flexibility index (Phi) is 3.90. The standard InChI is InChI=1S/C27H28N4O3/c1-17-13-30(16-28-17)21-4-5-22-24(32)29(9-10-31(22)25(21)33)15-27-12-19(27)14-34-23-6-3-18(11-20(23)27)26(2)7-8-26/h3-6,11,13,16,19H,7-10,12,14-15H2,1-2H3. The van der Waals surface area contributed by atoms with Gasteiger partial charge in [0.05, 0.1) is 18.6 Å². The second-order valence-corrected chi connectivity index (χ2v) is 10.8. The number of aryl methyl sites for hydroxylation is 1. The van der Waals surface area contributed by atoms with Crippen molar-refractivity contribution in [1.29, 1.82) is 0 Å². The molecule has 0 bridgehead atoms. The van der Waals surface area contributed by atoms with Crippen LogP contribution in [0.25, 0.3) is 5.69 Å². The highest BCUT2D eigenvalue weighted by Crippen LogP contribution is 2.61. The summed E-state index contributed by atoms with van der Waals surface area (Å²) < 4.78 is 9.43. The number of carbonyl (C=O) groups excluding carboxylic acids is 1. The number of carbonyl (C=O) groups is 1. The minimum Gasteiger partial charge on any atom is -0.493 e. The molecule has 2 aliphatic heterocycles. The number of pyridine rings is 1. The maximum absolute atomic E-state index is 13.5. The van der Waals surface area contributed by atoms with Crippen LogP contribution in [0, 0.1) is 12.8 Å². The molecule has 1 amide bonds. The van der Waals surface area contributed by atoms with E-state index in [-0.39, 0.29) is 16.9 Å². The highest BCUT2D eigenvalue weighted by atomic mass is 16.5. The van der Waals surface area contributed by atoms with Crippen LogP contribution in [0.1, 0.15) is 53.5 Å². The molecule has 34 heavy (non-hydrogen) atoms. The lowest BCUT2D eigenvalue weighted by Crippen LogP contribution is -2.48. The number of rotatable bonds is 4. The summed E-state index contributed by atoms with van der Waals surface area (Å²) in [5.41, 5.74) is 4.62. The van der Waals surface area contributed by atoms with Crippen molar-refractivity contribution < 1.29 is 9.53 Å². The molecule has 1 aromatic carbocycles. The lowest BCUT2D eigenvalue weighted by atomic mass is 9.86. The summed E-state index contributed by atoms with van der Waals surface area (Å²) in [4.78, 5) is 32.9. The molecule has 2 aromatic heterocycles. The first-order valence-electron chi connectivity index (χ1n) is 12.2. The SMILES string of the molecule is Cc1cn(-c2ccc3n(c2=O)CCN(CC24CC2COc2ccc(C5(C)CC5)cc24)C3=O)cn1. The van der Waals surface area contributed by atoms with Crippen LogP contribution in [0.4, 0.5) is 0 Å². The van der Waals surface area contributed by atoms with Crippen LogP contribution in [0.3, 0.4) is 0 Å². The zero-order valence-corrected chi connectivity index (χ0v) is 19.6. The van der Waals surface area contributed by atoms with Crippen LogP contribution in [-0.2, 0) is 17.4 Å². The van der Waals surface area contributed by atoms with E-state index in [0.29, 0.717) is 42.3 Å². The first-order chi connectivity index (χ1) is 16.4. The number of benzene rings is 1. The third kappa shape index (κ3) is 2.79. The van der Waals surface area contributed by atoms with Crippen molar-refractivity contribution in [3.05, 3.63) is 75.7 Å². The van der Waals surface area contributed by atoms with Crippen molar-refractivity contribution in [2.75, 3.05) is 19.7 Å². The van der Waals surface area contributed by atoms with Gasteiger partial charge in [0.15, 0.2) is 0 Å². The van der Waals surface area contributed by atoms with Gasteiger partial charge in [-0.15, -0.1) is 0 Å². The van der Waals surface area contributed by atoms with E-state index >= 15 is 0 Å². The van der Waals surface area contributed by atoms with Crippen molar-refractivity contribution in [3.63, 3.8) is 0 Å². The van der Waals surface area contributed by atoms with Gasteiger partial charge in [0.2, 0.25) is 0 Å². The van der Waals surface area contributed by atoms with E-state index in [4.69, 9.17) is 4.74 Å². The first kappa shape index (κ1) is 20.1. The number of imidazole rings is 1. The molecule has 4 aliphatic rings. The van der Waals surface area contributed by atoms with E-state index in [1.54, 1.807) is 27.6 Å². The highest BCUT2D eigenvalue weighted by Gasteiger charge is 2.60. The van der Waals surface area contributed by atoms with E-state index in [1.807, 2.05) is 18.0 Å². The maximum atomic E-state index is 13.5. The second kappa shape index (κ2) is 6.62. The number of fused-ring (bicyclic) bond motifs is 4. The van der Waals surface area contributed by atoms with Gasteiger partial charge in [0, 0.05) is 42.7 Å². The lowest BCUT2D eigenvalue weighted by molar-refractivity contribution is 0.0670. The highest BCUT2D eigenvalue weighted by molar-refractivity contribution is 5.93. The van der Waals surface area contributed by atoms with Crippen molar-refractivity contribution in [2.24, 2.45) is 5.92 Å². The average Bonchev–Trinajstić information content (AvgIpc) is 3.72. The second-order valence-electron chi connectivity index (χ2n) is 10.8. The zero-order chi connectivity index (χ0) is 23.2. The summed E-state index contributed by atoms with van der Waals surface area (Å²) in [7, 11) is 0. The molecule has 3 aromatic rings. The van der Waals surface area contributed by atoms with E-state index in [0.717, 1.165) is 24.5 Å². The van der Waals surface area contributed by atoms with Gasteiger partial charge in [0.1, 0.15) is 17.1 Å². The minimum atomic E-state index is -0.149. The number of amides is 1. The fraction of sp³-hybridized carbons (Fsp3) is 0.444. The van der Waals surface area contributed by atoms with Gasteiger partial charge < -0.3 is 18.8 Å². The van der Waals surface area contributed by atoms with Crippen LogP contribution in [-0.4, -0.2) is 44.6 Å². The number of hydrogen-bond acceptors (Lipinski definition) is 4. The number of hydrogen-bond donors (Lipinski definition) is 0. The quantitative estimate of drug-likeness (QED) is 0.605. The van der Waals surface area contributed by atoms with Gasteiger partial charge >= 0.3 is 0 Å². The molecule has 0 spiro atoms. The summed E-state index contributed by atoms with van der Waals surface area (Å²) >= 11 is 0. The average molecular weight is 457 g/mol. The minimum absolute atomic E-state index is 0.0265. The predicted molar refractivity (Wildman–Crippen MR) is 127 cm³/mol. The van der Waals surface area contributed by atoms with Crippen molar-refractivity contribution >= 4 is 5.91 Å². The monoisotopic (exact) mass is 456 g/mol. The molecule has 0 saturated heterocycles. The molecule has 0 radical (unpaired) electrons. The lowest BCUT2D eigenvalue weighted by Gasteiger charge is -2.35. The molecule has 2 unspecified atom stereocenters. The predicted octanol–water partition coefficient (Wildman–Crippen LogP) is 3.20. The Bertz CT molecular complexity index is 1420. The van der Waals surface area contributed by atoms with E-state index < -0.39 is 0 Å². The summed E-state index contributed by atoms with van der Waals surface area (Å²) in [5, 5.41) is 0. The molecule has 7 nitrogen and oxygen atoms in total. The van der Waals surface area contributed by atoms with E-state index in [1.165, 1.54) is 24.0 Å². The number of ether oxygens (including phenoxy) is 1. The molecule has 2 fully saturated rings. The molecular formula is C27H28N4O3. The Morgan fingerprint density at radius 3 is 2.76 bits per heavy atom. The first-order valence-corrected chi connectivity index (χ1v) is 12.2. The fourth-order valence-electron chi connectivity index (χ4n) is 6.00. The molecule has 2 atom stereocenters. The number of aromatic nitrogens is 3. The van der Waals surface area contributed by atoms with Crippen molar-refractivity contribution in [3.8, 4) is 11.4 Å². The molecule has 174 valence electrons. The Morgan fingerprint density at radius 1 is 1.15 bits per heavy atom. The Morgan fingerprint density at radius 2 is 2.00 bits per heavy atom. The van der Waals surface area contributed by atoms with Gasteiger partial charge in [-0.1, -0.05) is 19.1 Å². The van der Waals surface area contributed by atoms with Crippen LogP contribution >= 0.6 is 0 Å². The largest absolute Gasteiger partial charge is 0.493 e. The Labute approximate surface area is 198 Å². The molecule has 4 heterocycles. The molecule has 7 rings (SSSR count). The van der Waals surface area contributed by atoms with Gasteiger partial charge in [-0.3, -0.25) is 9.59 Å². The van der Waals surface area contributed by atoms with Gasteiger partial charge in [-0.05, 0) is 55.4 Å². The van der Waals surface area contributed by atoms with Crippen molar-refractivity contribution in [1.82, 2.24) is 19.0 Å². The van der Waals surface area contributed by atoms with Gasteiger partial charge in [-0.2, -0.15) is 0 Å². The third-order valence-corrected chi connectivity index (χ3v) is 8.60. The van der Waals surface area contributed by atoms with Crippen LogP contribution in [0.5, 0.6) is 5.75 Å². The third-order valence-electron chi connectivity index (χ3n) is 8.60. The topological polar surface area (TPSA) is 69.4 Å². The molecule has 7 heteroatoms. The van der Waals surface area contributed by atoms with Gasteiger partial charge in [-0.25, -0.2) is 4.98 Å². The van der Waals surface area contributed by atoms with E-state index in [9.17, 15) is 9.59 Å². The molecule has 0 N–H and O–H groups in total. The Hall–Kier alpha value is -3.35. The van der Waals surface area contributed by atoms with Crippen LogP contribution < -0.4 is 10.3 Å². The summed E-state index contributed by atoms with van der Waals surface area (Å²) in [6.45, 7) is 6.67. The molecule has 2 aliphatic carbocycles.